The Morgan fingerprint density at radius 1 is 1.43 bits per heavy atom. The number of hydrogen-bond acceptors (Lipinski definition) is 3. The monoisotopic (exact) mass is 291 g/mol. The predicted molar refractivity (Wildman–Crippen MR) is 84.6 cm³/mol. The van der Waals surface area contributed by atoms with Gasteiger partial charge in [0.1, 0.15) is 5.75 Å². The lowest BCUT2D eigenvalue weighted by molar-refractivity contribution is 0.0938. The fourth-order valence-corrected chi connectivity index (χ4v) is 1.80. The second-order valence-corrected chi connectivity index (χ2v) is 5.16. The van der Waals surface area contributed by atoms with Gasteiger partial charge in [-0.1, -0.05) is 19.9 Å². The quantitative estimate of drug-likeness (QED) is 0.711. The molecule has 0 spiro atoms. The van der Waals surface area contributed by atoms with Gasteiger partial charge in [0.2, 0.25) is 0 Å². The van der Waals surface area contributed by atoms with Crippen LogP contribution in [0.5, 0.6) is 5.75 Å². The zero-order chi connectivity index (χ0) is 15.7. The number of amides is 1. The molecule has 0 aliphatic heterocycles. The highest BCUT2D eigenvalue weighted by atomic mass is 16.5. The fraction of sp³-hybridized carbons (Fsp3) is 0.471. The lowest BCUT2D eigenvalue weighted by Crippen LogP contribution is -2.23. The van der Waals surface area contributed by atoms with E-state index in [9.17, 15) is 4.79 Å². The molecule has 0 bridgehead atoms. The molecule has 0 heterocycles. The molecule has 1 aromatic carbocycles. The minimum atomic E-state index is -0.122. The molecule has 0 aromatic heterocycles. The molecule has 0 aliphatic carbocycles. The molecule has 0 fully saturated rings. The van der Waals surface area contributed by atoms with Crippen molar-refractivity contribution in [2.75, 3.05) is 19.8 Å². The number of ether oxygens (including phenoxy) is 2. The Hall–Kier alpha value is -1.81. The van der Waals surface area contributed by atoms with Gasteiger partial charge in [0.25, 0.3) is 5.91 Å². The minimum Gasteiger partial charge on any atom is -0.494 e. The van der Waals surface area contributed by atoms with Crippen LogP contribution in [0, 0.1) is 5.92 Å². The summed E-state index contributed by atoms with van der Waals surface area (Å²) in [5.41, 5.74) is 1.49. The molecule has 21 heavy (non-hydrogen) atoms. The van der Waals surface area contributed by atoms with Gasteiger partial charge in [0.15, 0.2) is 0 Å². The lowest BCUT2D eigenvalue weighted by Gasteiger charge is -2.13. The number of hydrogen-bond donors (Lipinski definition) is 1. The second kappa shape index (κ2) is 9.19. The van der Waals surface area contributed by atoms with E-state index in [4.69, 9.17) is 9.47 Å². The minimum absolute atomic E-state index is 0.122. The number of nitrogens with one attached hydrogen (secondary N) is 1. The number of carbonyl (C=O) groups excluding carboxylic acids is 1. The van der Waals surface area contributed by atoms with Gasteiger partial charge in [0, 0.05) is 24.3 Å². The van der Waals surface area contributed by atoms with Crippen LogP contribution in [-0.4, -0.2) is 25.7 Å². The largest absolute Gasteiger partial charge is 0.494 e. The standard InChI is InChI=1S/C17H25NO3/c1-5-9-18-17(19)14-7-8-16(21-6-2)15(10-14)12-20-11-13(3)4/h5,7-8,10,13H,1,6,9,11-12H2,2-4H3,(H,18,19). The average molecular weight is 291 g/mol. The molecule has 0 saturated heterocycles. The first-order valence-electron chi connectivity index (χ1n) is 7.31. The smallest absolute Gasteiger partial charge is 0.251 e. The number of rotatable bonds is 9. The Bertz CT molecular complexity index is 469. The molecular weight excluding hydrogens is 266 g/mol. The van der Waals surface area contributed by atoms with E-state index in [0.717, 1.165) is 11.3 Å². The molecule has 1 aromatic rings. The zero-order valence-corrected chi connectivity index (χ0v) is 13.1. The summed E-state index contributed by atoms with van der Waals surface area (Å²) >= 11 is 0. The number of benzene rings is 1. The highest BCUT2D eigenvalue weighted by Crippen LogP contribution is 2.21. The van der Waals surface area contributed by atoms with Crippen LogP contribution < -0.4 is 10.1 Å². The molecule has 1 N–H and O–H groups in total. The van der Waals surface area contributed by atoms with E-state index in [1.165, 1.54) is 0 Å². The maximum Gasteiger partial charge on any atom is 0.251 e. The zero-order valence-electron chi connectivity index (χ0n) is 13.1. The molecule has 4 heteroatoms. The molecule has 1 rings (SSSR count). The fourth-order valence-electron chi connectivity index (χ4n) is 1.80. The third-order valence-corrected chi connectivity index (χ3v) is 2.74. The summed E-state index contributed by atoms with van der Waals surface area (Å²) in [4.78, 5) is 12.0. The van der Waals surface area contributed by atoms with E-state index in [1.54, 1.807) is 12.1 Å². The van der Waals surface area contributed by atoms with Crippen LogP contribution in [0.4, 0.5) is 0 Å². The average Bonchev–Trinajstić information content (AvgIpc) is 2.46. The SMILES string of the molecule is C=CCNC(=O)c1ccc(OCC)c(COCC(C)C)c1. The summed E-state index contributed by atoms with van der Waals surface area (Å²) < 4.78 is 11.2. The van der Waals surface area contributed by atoms with Crippen molar-refractivity contribution in [1.29, 1.82) is 0 Å². The van der Waals surface area contributed by atoms with Gasteiger partial charge in [-0.25, -0.2) is 0 Å². The van der Waals surface area contributed by atoms with E-state index in [2.05, 4.69) is 25.7 Å². The van der Waals surface area contributed by atoms with Crippen LogP contribution in [0.2, 0.25) is 0 Å². The first-order valence-corrected chi connectivity index (χ1v) is 7.31. The van der Waals surface area contributed by atoms with Gasteiger partial charge in [-0.05, 0) is 31.0 Å². The molecule has 4 nitrogen and oxygen atoms in total. The third kappa shape index (κ3) is 6.00. The van der Waals surface area contributed by atoms with Crippen molar-refractivity contribution in [2.45, 2.75) is 27.4 Å². The molecular formula is C17H25NO3. The van der Waals surface area contributed by atoms with Crippen LogP contribution >= 0.6 is 0 Å². The van der Waals surface area contributed by atoms with Crippen LogP contribution in [0.15, 0.2) is 30.9 Å². The highest BCUT2D eigenvalue weighted by molar-refractivity contribution is 5.94. The van der Waals surface area contributed by atoms with E-state index in [-0.39, 0.29) is 5.91 Å². The van der Waals surface area contributed by atoms with Crippen LogP contribution in [-0.2, 0) is 11.3 Å². The molecule has 0 radical (unpaired) electrons. The molecule has 0 atom stereocenters. The third-order valence-electron chi connectivity index (χ3n) is 2.74. The van der Waals surface area contributed by atoms with Gasteiger partial charge in [-0.3, -0.25) is 4.79 Å². The van der Waals surface area contributed by atoms with Crippen molar-refractivity contribution >= 4 is 5.91 Å². The Balaban J connectivity index is 2.83. The van der Waals surface area contributed by atoms with Crippen molar-refractivity contribution in [3.8, 4) is 5.75 Å². The Labute approximate surface area is 127 Å². The molecule has 0 saturated carbocycles. The molecule has 0 unspecified atom stereocenters. The first-order chi connectivity index (χ1) is 10.1. The number of carbonyl (C=O) groups is 1. The summed E-state index contributed by atoms with van der Waals surface area (Å²) in [5.74, 6) is 1.12. The van der Waals surface area contributed by atoms with Crippen LogP contribution in [0.3, 0.4) is 0 Å². The van der Waals surface area contributed by atoms with Gasteiger partial charge in [-0.15, -0.1) is 6.58 Å². The lowest BCUT2D eigenvalue weighted by atomic mass is 10.1. The first kappa shape index (κ1) is 17.2. The Morgan fingerprint density at radius 2 is 2.19 bits per heavy atom. The van der Waals surface area contributed by atoms with Crippen molar-refractivity contribution in [3.05, 3.63) is 42.0 Å². The summed E-state index contributed by atoms with van der Waals surface area (Å²) in [6.45, 7) is 11.9. The highest BCUT2D eigenvalue weighted by Gasteiger charge is 2.10. The molecule has 0 aliphatic rings. The molecule has 116 valence electrons. The summed E-state index contributed by atoms with van der Waals surface area (Å²) in [6, 6.07) is 5.40. The van der Waals surface area contributed by atoms with Crippen molar-refractivity contribution < 1.29 is 14.3 Å². The van der Waals surface area contributed by atoms with E-state index >= 15 is 0 Å². The Kier molecular flexibility index (Phi) is 7.54. The molecule has 1 amide bonds. The normalized spacial score (nSPS) is 10.5. The summed E-state index contributed by atoms with van der Waals surface area (Å²) in [6.07, 6.45) is 1.65. The topological polar surface area (TPSA) is 47.6 Å². The van der Waals surface area contributed by atoms with Gasteiger partial charge < -0.3 is 14.8 Å². The van der Waals surface area contributed by atoms with Gasteiger partial charge in [0.05, 0.1) is 13.2 Å². The summed E-state index contributed by atoms with van der Waals surface area (Å²) in [5, 5.41) is 2.76. The summed E-state index contributed by atoms with van der Waals surface area (Å²) in [7, 11) is 0. The van der Waals surface area contributed by atoms with Gasteiger partial charge in [-0.2, -0.15) is 0 Å². The maximum atomic E-state index is 12.0. The Morgan fingerprint density at radius 3 is 2.81 bits per heavy atom. The predicted octanol–water partition coefficient (Wildman–Crippen LogP) is 3.17. The van der Waals surface area contributed by atoms with Crippen LogP contribution in [0.25, 0.3) is 0 Å². The maximum absolute atomic E-state index is 12.0. The van der Waals surface area contributed by atoms with E-state index in [0.29, 0.717) is 37.8 Å². The van der Waals surface area contributed by atoms with E-state index in [1.807, 2.05) is 19.1 Å². The van der Waals surface area contributed by atoms with Crippen molar-refractivity contribution in [1.82, 2.24) is 5.32 Å². The van der Waals surface area contributed by atoms with Gasteiger partial charge >= 0.3 is 0 Å². The van der Waals surface area contributed by atoms with Crippen molar-refractivity contribution in [2.24, 2.45) is 5.92 Å². The second-order valence-electron chi connectivity index (χ2n) is 5.16. The van der Waals surface area contributed by atoms with E-state index < -0.39 is 0 Å². The van der Waals surface area contributed by atoms with Crippen molar-refractivity contribution in [3.63, 3.8) is 0 Å². The van der Waals surface area contributed by atoms with Crippen LogP contribution in [0.1, 0.15) is 36.7 Å².